The minimum Gasteiger partial charge on any atom is -0.457 e. The first-order chi connectivity index (χ1) is 19.7. The summed E-state index contributed by atoms with van der Waals surface area (Å²) < 4.78 is 62.1. The smallest absolute Gasteiger partial charge is 0.410 e. The Hall–Kier alpha value is -4.66. The molecule has 1 aliphatic rings. The van der Waals surface area contributed by atoms with Crippen molar-refractivity contribution in [2.75, 3.05) is 5.32 Å². The molecule has 2 atom stereocenters. The Morgan fingerprint density at radius 3 is 2.32 bits per heavy atom. The summed E-state index contributed by atoms with van der Waals surface area (Å²) in [7, 11) is 0. The number of aromatic nitrogens is 2. The van der Waals surface area contributed by atoms with Gasteiger partial charge >= 0.3 is 6.18 Å². The van der Waals surface area contributed by atoms with E-state index in [2.05, 4.69) is 10.4 Å². The van der Waals surface area contributed by atoms with Crippen molar-refractivity contribution < 1.29 is 27.1 Å². The SMILES string of the molecule is O=C(CCc1ccc(Oc2ccc(F)cc2)cc1)c1cnn2c1NC(c1ccc3ccccc3c1)CC2C(F)(F)F. The van der Waals surface area contributed by atoms with E-state index >= 15 is 0 Å². The van der Waals surface area contributed by atoms with Gasteiger partial charge in [-0.1, -0.05) is 48.5 Å². The van der Waals surface area contributed by atoms with Crippen LogP contribution in [0, 0.1) is 5.82 Å². The molecule has 41 heavy (non-hydrogen) atoms. The van der Waals surface area contributed by atoms with Crippen molar-refractivity contribution in [1.29, 1.82) is 0 Å². The first-order valence-corrected chi connectivity index (χ1v) is 13.2. The molecule has 0 saturated carbocycles. The molecule has 1 aromatic heterocycles. The van der Waals surface area contributed by atoms with Gasteiger partial charge in [0, 0.05) is 12.8 Å². The number of aryl methyl sites for hydroxylation is 1. The molecule has 2 unspecified atom stereocenters. The normalized spacial score (nSPS) is 16.7. The second-order valence-electron chi connectivity index (χ2n) is 10.1. The Labute approximate surface area is 233 Å². The van der Waals surface area contributed by atoms with Crippen LogP contribution in [0.5, 0.6) is 11.5 Å². The largest absolute Gasteiger partial charge is 0.457 e. The van der Waals surface area contributed by atoms with Crippen LogP contribution in [0.2, 0.25) is 0 Å². The number of nitrogens with zero attached hydrogens (tertiary/aromatic N) is 2. The van der Waals surface area contributed by atoms with E-state index in [1.807, 2.05) is 54.6 Å². The van der Waals surface area contributed by atoms with Crippen molar-refractivity contribution in [3.05, 3.63) is 120 Å². The van der Waals surface area contributed by atoms with Gasteiger partial charge in [0.05, 0.1) is 17.8 Å². The van der Waals surface area contributed by atoms with Crippen LogP contribution >= 0.6 is 0 Å². The number of benzene rings is 4. The molecular weight excluding hydrogens is 534 g/mol. The summed E-state index contributed by atoms with van der Waals surface area (Å²) >= 11 is 0. The van der Waals surface area contributed by atoms with E-state index in [1.54, 1.807) is 12.1 Å². The van der Waals surface area contributed by atoms with Gasteiger partial charge in [-0.15, -0.1) is 0 Å². The van der Waals surface area contributed by atoms with Crippen LogP contribution in [0.25, 0.3) is 10.8 Å². The highest BCUT2D eigenvalue weighted by molar-refractivity contribution is 6.00. The number of fused-ring (bicyclic) bond motifs is 2. The lowest BCUT2D eigenvalue weighted by molar-refractivity contribution is -0.173. The van der Waals surface area contributed by atoms with E-state index in [9.17, 15) is 22.4 Å². The van der Waals surface area contributed by atoms with E-state index in [1.165, 1.54) is 30.5 Å². The first-order valence-electron chi connectivity index (χ1n) is 13.2. The van der Waals surface area contributed by atoms with E-state index < -0.39 is 18.3 Å². The average molecular weight is 560 g/mol. The predicted octanol–water partition coefficient (Wildman–Crippen LogP) is 8.44. The van der Waals surface area contributed by atoms with Crippen LogP contribution < -0.4 is 10.1 Å². The molecule has 5 nitrogen and oxygen atoms in total. The molecule has 5 aromatic rings. The number of carbonyl (C=O) groups excluding carboxylic acids is 1. The molecule has 0 fully saturated rings. The number of halogens is 4. The first kappa shape index (κ1) is 26.6. The van der Waals surface area contributed by atoms with Gasteiger partial charge in [-0.05, 0) is 70.8 Å². The lowest BCUT2D eigenvalue weighted by Gasteiger charge is -2.34. The fourth-order valence-corrected chi connectivity index (χ4v) is 5.17. The highest BCUT2D eigenvalue weighted by Crippen LogP contribution is 2.44. The molecule has 6 rings (SSSR count). The topological polar surface area (TPSA) is 56.1 Å². The maximum atomic E-state index is 14.1. The van der Waals surface area contributed by atoms with Gasteiger partial charge in [0.2, 0.25) is 0 Å². The average Bonchev–Trinajstić information content (AvgIpc) is 3.41. The van der Waals surface area contributed by atoms with Gasteiger partial charge in [0.25, 0.3) is 0 Å². The maximum Gasteiger partial charge on any atom is 0.410 e. The number of ether oxygens (including phenoxy) is 1. The zero-order valence-corrected chi connectivity index (χ0v) is 21.7. The fourth-order valence-electron chi connectivity index (χ4n) is 5.17. The number of Topliss-reactive ketones (excluding diaryl/α,β-unsaturated/α-hetero) is 1. The number of alkyl halides is 3. The predicted molar refractivity (Wildman–Crippen MR) is 148 cm³/mol. The van der Waals surface area contributed by atoms with Crippen LogP contribution in [-0.2, 0) is 6.42 Å². The summed E-state index contributed by atoms with van der Waals surface area (Å²) in [5.41, 5.74) is 1.72. The molecule has 0 spiro atoms. The summed E-state index contributed by atoms with van der Waals surface area (Å²) in [6.07, 6.45) is -3.06. The standard InChI is InChI=1S/C32H25F4N3O2/c33-24-10-14-26(15-11-24)41-25-12-5-20(6-13-25)7-16-29(40)27-19-37-39-30(32(34,35)36)18-28(38-31(27)39)23-9-8-21-3-1-2-4-22(21)17-23/h1-6,8-15,17,19,28,30,38H,7,16,18H2. The van der Waals surface area contributed by atoms with Gasteiger partial charge < -0.3 is 10.1 Å². The van der Waals surface area contributed by atoms with Gasteiger partial charge in [-0.25, -0.2) is 9.07 Å². The molecule has 0 bridgehead atoms. The van der Waals surface area contributed by atoms with E-state index in [-0.39, 0.29) is 35.8 Å². The van der Waals surface area contributed by atoms with E-state index in [0.717, 1.165) is 21.0 Å². The van der Waals surface area contributed by atoms with Crippen LogP contribution in [0.3, 0.4) is 0 Å². The van der Waals surface area contributed by atoms with Crippen LogP contribution in [0.1, 0.15) is 46.4 Å². The molecule has 1 aliphatic heterocycles. The van der Waals surface area contributed by atoms with Crippen molar-refractivity contribution in [1.82, 2.24) is 9.78 Å². The monoisotopic (exact) mass is 559 g/mol. The molecule has 208 valence electrons. The van der Waals surface area contributed by atoms with Gasteiger partial charge in [-0.3, -0.25) is 4.79 Å². The summed E-state index contributed by atoms with van der Waals surface area (Å²) in [5, 5.41) is 9.10. The van der Waals surface area contributed by atoms with Crippen molar-refractivity contribution in [2.45, 2.75) is 37.5 Å². The number of anilines is 1. The number of hydrogen-bond donors (Lipinski definition) is 1. The number of ketones is 1. The van der Waals surface area contributed by atoms with E-state index in [4.69, 9.17) is 4.74 Å². The summed E-state index contributed by atoms with van der Waals surface area (Å²) in [5.74, 6) is 0.479. The third-order valence-corrected chi connectivity index (χ3v) is 7.33. The van der Waals surface area contributed by atoms with Crippen molar-refractivity contribution in [3.8, 4) is 11.5 Å². The molecule has 9 heteroatoms. The van der Waals surface area contributed by atoms with Gasteiger partial charge in [-0.2, -0.15) is 18.3 Å². The van der Waals surface area contributed by atoms with Crippen LogP contribution in [-0.4, -0.2) is 21.7 Å². The molecule has 0 radical (unpaired) electrons. The lowest BCUT2D eigenvalue weighted by atomic mass is 9.94. The number of carbonyl (C=O) groups is 1. The molecule has 0 aliphatic carbocycles. The summed E-state index contributed by atoms with van der Waals surface area (Å²) in [4.78, 5) is 13.2. The third-order valence-electron chi connectivity index (χ3n) is 7.33. The second-order valence-corrected chi connectivity index (χ2v) is 10.1. The zero-order chi connectivity index (χ0) is 28.6. The van der Waals surface area contributed by atoms with Crippen molar-refractivity contribution in [3.63, 3.8) is 0 Å². The number of nitrogens with one attached hydrogen (secondary N) is 1. The highest BCUT2D eigenvalue weighted by Gasteiger charge is 2.47. The molecule has 0 saturated heterocycles. The molecule has 0 amide bonds. The van der Waals surface area contributed by atoms with Gasteiger partial charge in [0.15, 0.2) is 11.8 Å². The lowest BCUT2D eigenvalue weighted by Crippen LogP contribution is -2.36. The van der Waals surface area contributed by atoms with Crippen LogP contribution in [0.4, 0.5) is 23.4 Å². The highest BCUT2D eigenvalue weighted by atomic mass is 19.4. The molecule has 4 aromatic carbocycles. The zero-order valence-electron chi connectivity index (χ0n) is 21.7. The number of rotatable bonds is 7. The molecule has 2 heterocycles. The third kappa shape index (κ3) is 5.66. The molecule has 1 N–H and O–H groups in total. The number of hydrogen-bond acceptors (Lipinski definition) is 4. The quantitative estimate of drug-likeness (QED) is 0.161. The Morgan fingerprint density at radius 1 is 0.927 bits per heavy atom. The summed E-state index contributed by atoms with van der Waals surface area (Å²) in [6.45, 7) is 0. The second kappa shape index (κ2) is 10.7. The van der Waals surface area contributed by atoms with Crippen LogP contribution in [0.15, 0.2) is 97.2 Å². The van der Waals surface area contributed by atoms with Crippen molar-refractivity contribution >= 4 is 22.4 Å². The molecular formula is C32H25F4N3O2. The maximum absolute atomic E-state index is 14.1. The Morgan fingerprint density at radius 2 is 1.61 bits per heavy atom. The Bertz CT molecular complexity index is 1700. The Kier molecular flexibility index (Phi) is 6.95. The Balaban J connectivity index is 1.18. The summed E-state index contributed by atoms with van der Waals surface area (Å²) in [6, 6.07) is 23.5. The minimum atomic E-state index is -4.53. The minimum absolute atomic E-state index is 0.0878. The van der Waals surface area contributed by atoms with Crippen molar-refractivity contribution in [2.24, 2.45) is 0 Å². The van der Waals surface area contributed by atoms with Gasteiger partial charge in [0.1, 0.15) is 23.1 Å². The fraction of sp³-hybridized carbons (Fsp3) is 0.188. The van der Waals surface area contributed by atoms with E-state index in [0.29, 0.717) is 23.5 Å².